The van der Waals surface area contributed by atoms with E-state index in [0.717, 1.165) is 16.5 Å². The van der Waals surface area contributed by atoms with Crippen LogP contribution in [0.4, 0.5) is 17.6 Å². The Balaban J connectivity index is 0.000000646. The molecule has 2 aromatic carbocycles. The molecule has 0 saturated carbocycles. The van der Waals surface area contributed by atoms with Crippen molar-refractivity contribution in [3.63, 3.8) is 0 Å². The molecule has 0 spiro atoms. The third-order valence-corrected chi connectivity index (χ3v) is 8.95. The van der Waals surface area contributed by atoms with E-state index < -0.39 is 33.9 Å². The number of carbonyl (C=O) groups is 2. The number of piperidine rings is 1. The number of hydrogen-bond acceptors (Lipinski definition) is 6. The lowest BCUT2D eigenvalue weighted by molar-refractivity contribution is -0.192. The summed E-state index contributed by atoms with van der Waals surface area (Å²) in [4.78, 5) is 24.4. The van der Waals surface area contributed by atoms with Gasteiger partial charge in [0.05, 0.1) is 22.9 Å². The maximum atomic E-state index is 15.0. The van der Waals surface area contributed by atoms with Crippen LogP contribution in [0.25, 0.3) is 22.0 Å². The molecule has 0 radical (unpaired) electrons. The van der Waals surface area contributed by atoms with E-state index in [1.807, 2.05) is 12.3 Å². The number of nitrogens with two attached hydrogens (primary N) is 1. The molecule has 5 N–H and O–H groups in total. The monoisotopic (exact) mass is 625 g/mol. The molecule has 0 atom stereocenters. The van der Waals surface area contributed by atoms with Gasteiger partial charge in [-0.15, -0.1) is 0 Å². The summed E-state index contributed by atoms with van der Waals surface area (Å²) in [5.74, 6) is -3.62. The predicted molar refractivity (Wildman–Crippen MR) is 151 cm³/mol. The first kappa shape index (κ1) is 33.5. The summed E-state index contributed by atoms with van der Waals surface area (Å²) >= 11 is 0. The van der Waals surface area contributed by atoms with Gasteiger partial charge in [0.25, 0.3) is 5.91 Å². The number of primary amides is 1. The number of alkyl halides is 3. The largest absolute Gasteiger partial charge is 0.490 e. The molecule has 4 rings (SSSR count). The summed E-state index contributed by atoms with van der Waals surface area (Å²) in [6, 6.07) is 10.4. The van der Waals surface area contributed by atoms with Crippen LogP contribution in [0.5, 0.6) is 0 Å². The van der Waals surface area contributed by atoms with Gasteiger partial charge in [-0.2, -0.15) is 18.4 Å². The van der Waals surface area contributed by atoms with Gasteiger partial charge in [0.15, 0.2) is 0 Å². The highest BCUT2D eigenvalue weighted by Crippen LogP contribution is 2.37. The number of nitrogens with one attached hydrogen (secondary N) is 2. The minimum Gasteiger partial charge on any atom is -0.475 e. The van der Waals surface area contributed by atoms with Gasteiger partial charge in [-0.1, -0.05) is 6.07 Å². The second-order valence-electron chi connectivity index (χ2n) is 9.83. The Hall–Kier alpha value is -4.00. The van der Waals surface area contributed by atoms with E-state index in [4.69, 9.17) is 20.9 Å². The van der Waals surface area contributed by atoms with Crippen molar-refractivity contribution in [1.82, 2.24) is 14.6 Å². The molecule has 1 fully saturated rings. The Labute approximate surface area is 245 Å². The molecule has 1 aliphatic rings. The number of carboxylic acid groups (broad SMARTS) is 1. The van der Waals surface area contributed by atoms with E-state index in [-0.39, 0.29) is 17.2 Å². The number of aromatic amines is 1. The van der Waals surface area contributed by atoms with Crippen LogP contribution in [0.1, 0.15) is 53.6 Å². The molecule has 2 heterocycles. The van der Waals surface area contributed by atoms with Crippen LogP contribution in [-0.4, -0.2) is 66.3 Å². The van der Waals surface area contributed by atoms with Crippen LogP contribution in [0, 0.1) is 17.1 Å². The van der Waals surface area contributed by atoms with Gasteiger partial charge in [-0.05, 0) is 66.6 Å². The molecule has 1 aliphatic heterocycles. The average molecular weight is 626 g/mol. The Kier molecular flexibility index (Phi) is 10.9. The van der Waals surface area contributed by atoms with Gasteiger partial charge in [0, 0.05) is 49.7 Å². The van der Waals surface area contributed by atoms with Gasteiger partial charge in [0.1, 0.15) is 5.82 Å². The molecular formula is C28H31F4N5O5S. The van der Waals surface area contributed by atoms with E-state index in [0.29, 0.717) is 62.1 Å². The number of benzene rings is 2. The zero-order valence-corrected chi connectivity index (χ0v) is 24.0. The number of H-pyrrole nitrogens is 1. The van der Waals surface area contributed by atoms with Crippen LogP contribution in [0.3, 0.4) is 0 Å². The lowest BCUT2D eigenvalue weighted by Crippen LogP contribution is -2.38. The fourth-order valence-corrected chi connectivity index (χ4v) is 5.98. The molecule has 1 aromatic heterocycles. The first-order chi connectivity index (χ1) is 20.2. The topological polar surface area (TPSA) is 169 Å². The second-order valence-corrected chi connectivity index (χ2v) is 12.1. The van der Waals surface area contributed by atoms with Crippen molar-refractivity contribution in [3.8, 4) is 17.2 Å². The Morgan fingerprint density at radius 2 is 1.86 bits per heavy atom. The number of rotatable bonds is 9. The third kappa shape index (κ3) is 8.31. The Morgan fingerprint density at radius 3 is 2.42 bits per heavy atom. The van der Waals surface area contributed by atoms with Gasteiger partial charge >= 0.3 is 12.1 Å². The average Bonchev–Trinajstić information content (AvgIpc) is 3.39. The van der Waals surface area contributed by atoms with Crippen molar-refractivity contribution in [2.45, 2.75) is 44.8 Å². The standard InChI is InChI=1S/C26H30FN5O3S.C2HF3O2/c1-2-36(34,35)32-10-6-18(7-11-32)23-16-31-25-21(23)13-19(14-22(25)26(29)33)20-12-17(4-5-24(20)27)15-30-9-3-8-28;3-2(4,5)1(6)7/h4-5,12-14,16,18,30-31H,2-3,6-7,9-11,15H2,1H3,(H2,29,33);(H,6,7). The third-order valence-electron chi connectivity index (χ3n) is 7.07. The number of aliphatic carboxylic acids is 1. The summed E-state index contributed by atoms with van der Waals surface area (Å²) in [5, 5.41) is 19.8. The number of hydrogen-bond donors (Lipinski definition) is 4. The molecular weight excluding hydrogens is 594 g/mol. The summed E-state index contributed by atoms with van der Waals surface area (Å²) in [6.07, 6.45) is -1.55. The van der Waals surface area contributed by atoms with E-state index in [1.165, 1.54) is 10.4 Å². The quantitative estimate of drug-likeness (QED) is 0.204. The number of nitrogens with zero attached hydrogens (tertiary/aromatic N) is 2. The molecule has 10 nitrogen and oxygen atoms in total. The van der Waals surface area contributed by atoms with Gasteiger partial charge in [-0.3, -0.25) is 4.79 Å². The summed E-state index contributed by atoms with van der Waals surface area (Å²) in [7, 11) is -3.23. The lowest BCUT2D eigenvalue weighted by Gasteiger charge is -2.31. The number of amides is 1. The number of nitriles is 1. The number of carbonyl (C=O) groups excluding carboxylic acids is 1. The highest BCUT2D eigenvalue weighted by Gasteiger charge is 2.38. The maximum absolute atomic E-state index is 15.0. The molecule has 43 heavy (non-hydrogen) atoms. The van der Waals surface area contributed by atoms with E-state index in [9.17, 15) is 30.8 Å². The number of halogens is 4. The zero-order chi connectivity index (χ0) is 31.9. The van der Waals surface area contributed by atoms with Crippen LogP contribution in [0.2, 0.25) is 0 Å². The van der Waals surface area contributed by atoms with Gasteiger partial charge in [0.2, 0.25) is 10.0 Å². The van der Waals surface area contributed by atoms with Crippen molar-refractivity contribution in [3.05, 3.63) is 59.0 Å². The molecule has 0 bridgehead atoms. The van der Waals surface area contributed by atoms with E-state index in [1.54, 1.807) is 25.1 Å². The number of carboxylic acids is 1. The van der Waals surface area contributed by atoms with Gasteiger partial charge < -0.3 is 21.1 Å². The summed E-state index contributed by atoms with van der Waals surface area (Å²) in [6.45, 7) is 3.53. The Bertz CT molecular complexity index is 1620. The van der Waals surface area contributed by atoms with E-state index in [2.05, 4.69) is 16.4 Å². The van der Waals surface area contributed by atoms with Crippen molar-refractivity contribution < 1.29 is 40.7 Å². The summed E-state index contributed by atoms with van der Waals surface area (Å²) in [5.41, 5.74) is 9.29. The highest BCUT2D eigenvalue weighted by atomic mass is 32.2. The number of sulfonamides is 1. The number of aromatic nitrogens is 1. The highest BCUT2D eigenvalue weighted by molar-refractivity contribution is 7.89. The minimum absolute atomic E-state index is 0.0779. The first-order valence-corrected chi connectivity index (χ1v) is 14.9. The van der Waals surface area contributed by atoms with Crippen molar-refractivity contribution in [2.24, 2.45) is 5.73 Å². The SMILES string of the molecule is CCS(=O)(=O)N1CCC(c2c[nH]c3c(C(N)=O)cc(-c4cc(CNCCC#N)ccc4F)cc23)CC1.O=C(O)C(F)(F)F. The van der Waals surface area contributed by atoms with Crippen molar-refractivity contribution >= 4 is 32.8 Å². The van der Waals surface area contributed by atoms with Crippen molar-refractivity contribution in [1.29, 1.82) is 5.26 Å². The van der Waals surface area contributed by atoms with E-state index >= 15 is 0 Å². The summed E-state index contributed by atoms with van der Waals surface area (Å²) < 4.78 is 72.7. The molecule has 15 heteroatoms. The minimum atomic E-state index is -5.08. The first-order valence-electron chi connectivity index (χ1n) is 13.3. The zero-order valence-electron chi connectivity index (χ0n) is 23.2. The fourth-order valence-electron chi connectivity index (χ4n) is 4.85. The number of fused-ring (bicyclic) bond motifs is 1. The van der Waals surface area contributed by atoms with Crippen LogP contribution >= 0.6 is 0 Å². The van der Waals surface area contributed by atoms with Crippen LogP contribution < -0.4 is 11.1 Å². The molecule has 0 aliphatic carbocycles. The van der Waals surface area contributed by atoms with Gasteiger partial charge in [-0.25, -0.2) is 21.9 Å². The Morgan fingerprint density at radius 1 is 1.21 bits per heavy atom. The smallest absolute Gasteiger partial charge is 0.475 e. The van der Waals surface area contributed by atoms with Crippen LogP contribution in [0.15, 0.2) is 36.5 Å². The molecule has 0 unspecified atom stereocenters. The molecule has 3 aromatic rings. The van der Waals surface area contributed by atoms with Crippen LogP contribution in [-0.2, 0) is 21.4 Å². The fraction of sp³-hybridized carbons (Fsp3) is 0.393. The molecule has 232 valence electrons. The lowest BCUT2D eigenvalue weighted by atomic mass is 9.88. The molecule has 1 amide bonds. The van der Waals surface area contributed by atoms with Crippen molar-refractivity contribution in [2.75, 3.05) is 25.4 Å². The normalized spacial score (nSPS) is 14.6. The molecule has 1 saturated heterocycles. The predicted octanol–water partition coefficient (Wildman–Crippen LogP) is 4.24. The maximum Gasteiger partial charge on any atom is 0.490 e. The second kappa shape index (κ2) is 14.0.